The summed E-state index contributed by atoms with van der Waals surface area (Å²) in [6, 6.07) is 5.77. The minimum atomic E-state index is -0.620. The quantitative estimate of drug-likeness (QED) is 0.880. The van der Waals surface area contributed by atoms with E-state index in [4.69, 9.17) is 19.9 Å². The first kappa shape index (κ1) is 14.2. The van der Waals surface area contributed by atoms with Crippen molar-refractivity contribution in [2.75, 3.05) is 32.9 Å². The zero-order valence-electron chi connectivity index (χ0n) is 11.9. The third-order valence-corrected chi connectivity index (χ3v) is 3.77. The highest BCUT2D eigenvalue weighted by atomic mass is 16.5. The fraction of sp³-hybridized carbons (Fsp3) is 0.533. The zero-order valence-corrected chi connectivity index (χ0v) is 11.9. The van der Waals surface area contributed by atoms with Gasteiger partial charge in [0.25, 0.3) is 5.91 Å². The van der Waals surface area contributed by atoms with E-state index in [1.54, 1.807) is 0 Å². The van der Waals surface area contributed by atoms with Gasteiger partial charge in [0.2, 0.25) is 0 Å². The molecule has 2 N–H and O–H groups in total. The molecule has 6 nitrogen and oxygen atoms in total. The molecular weight excluding hydrogens is 272 g/mol. The van der Waals surface area contributed by atoms with E-state index in [0.717, 1.165) is 44.2 Å². The van der Waals surface area contributed by atoms with Gasteiger partial charge in [0.1, 0.15) is 0 Å². The van der Waals surface area contributed by atoms with Crippen LogP contribution in [0, 0.1) is 0 Å². The number of nitrogens with two attached hydrogens (primary N) is 1. The molecule has 1 aromatic rings. The number of primary amides is 1. The summed E-state index contributed by atoms with van der Waals surface area (Å²) in [7, 11) is 0. The van der Waals surface area contributed by atoms with E-state index in [1.165, 1.54) is 0 Å². The molecule has 21 heavy (non-hydrogen) atoms. The largest absolute Gasteiger partial charge is 0.489 e. The number of carbonyl (C=O) groups excluding carboxylic acids is 1. The maximum atomic E-state index is 11.3. The number of ether oxygens (including phenoxy) is 3. The predicted molar refractivity (Wildman–Crippen MR) is 76.3 cm³/mol. The number of amides is 1. The number of fused-ring (bicyclic) bond motifs is 1. The van der Waals surface area contributed by atoms with Crippen LogP contribution in [0.4, 0.5) is 0 Å². The van der Waals surface area contributed by atoms with Crippen LogP contribution >= 0.6 is 0 Å². The van der Waals surface area contributed by atoms with Crippen LogP contribution in [0.5, 0.6) is 11.5 Å². The summed E-state index contributed by atoms with van der Waals surface area (Å²) in [4.78, 5) is 13.7. The number of nitrogens with zero attached hydrogens (tertiary/aromatic N) is 1. The van der Waals surface area contributed by atoms with E-state index in [0.29, 0.717) is 18.8 Å². The maximum absolute atomic E-state index is 11.3. The first-order valence-corrected chi connectivity index (χ1v) is 7.25. The van der Waals surface area contributed by atoms with Crippen LogP contribution in [0.2, 0.25) is 0 Å². The summed E-state index contributed by atoms with van der Waals surface area (Å²) in [6.07, 6.45) is -0.147. The minimum absolute atomic E-state index is 0.431. The van der Waals surface area contributed by atoms with Crippen molar-refractivity contribution in [3.8, 4) is 11.5 Å². The van der Waals surface area contributed by atoms with E-state index in [9.17, 15) is 4.79 Å². The molecule has 1 atom stereocenters. The lowest BCUT2D eigenvalue weighted by Gasteiger charge is -2.27. The molecule has 0 aliphatic carbocycles. The Balaban J connectivity index is 1.79. The van der Waals surface area contributed by atoms with Gasteiger partial charge < -0.3 is 19.9 Å². The molecular formula is C15H20N2O4. The van der Waals surface area contributed by atoms with Crippen LogP contribution in [0.1, 0.15) is 12.0 Å². The molecule has 0 spiro atoms. The average molecular weight is 292 g/mol. The van der Waals surface area contributed by atoms with E-state index >= 15 is 0 Å². The van der Waals surface area contributed by atoms with Gasteiger partial charge >= 0.3 is 0 Å². The first-order valence-electron chi connectivity index (χ1n) is 7.25. The number of carbonyl (C=O) groups is 1. The number of rotatable bonds is 3. The summed E-state index contributed by atoms with van der Waals surface area (Å²) in [5.74, 6) is 0.875. The molecule has 1 unspecified atom stereocenters. The lowest BCUT2D eigenvalue weighted by Crippen LogP contribution is -2.35. The molecule has 1 saturated heterocycles. The van der Waals surface area contributed by atoms with Gasteiger partial charge in [-0.2, -0.15) is 0 Å². The summed E-state index contributed by atoms with van der Waals surface area (Å²) in [5.41, 5.74) is 6.41. The van der Waals surface area contributed by atoms with Crippen LogP contribution in [-0.4, -0.2) is 49.8 Å². The van der Waals surface area contributed by atoms with E-state index in [-0.39, 0.29) is 0 Å². The topological polar surface area (TPSA) is 74.0 Å². The molecule has 1 aromatic carbocycles. The Morgan fingerprint density at radius 1 is 1.29 bits per heavy atom. The van der Waals surface area contributed by atoms with Crippen molar-refractivity contribution in [2.24, 2.45) is 5.73 Å². The Hall–Kier alpha value is -1.79. The monoisotopic (exact) mass is 292 g/mol. The maximum Gasteiger partial charge on any atom is 0.258 e. The summed E-state index contributed by atoms with van der Waals surface area (Å²) >= 11 is 0. The van der Waals surface area contributed by atoms with E-state index in [2.05, 4.69) is 4.90 Å². The molecule has 2 aliphatic heterocycles. The third-order valence-electron chi connectivity index (χ3n) is 3.77. The van der Waals surface area contributed by atoms with Crippen molar-refractivity contribution >= 4 is 5.91 Å². The van der Waals surface area contributed by atoms with Gasteiger partial charge in [0.05, 0.1) is 19.8 Å². The minimum Gasteiger partial charge on any atom is -0.489 e. The van der Waals surface area contributed by atoms with Crippen LogP contribution in [0.25, 0.3) is 0 Å². The Kier molecular flexibility index (Phi) is 4.26. The van der Waals surface area contributed by atoms with Gasteiger partial charge in [-0.1, -0.05) is 12.1 Å². The van der Waals surface area contributed by atoms with Gasteiger partial charge in [0, 0.05) is 31.6 Å². The molecule has 114 valence electrons. The molecule has 0 saturated carbocycles. The summed E-state index contributed by atoms with van der Waals surface area (Å²) < 4.78 is 16.9. The van der Waals surface area contributed by atoms with Crippen molar-refractivity contribution in [3.63, 3.8) is 0 Å². The van der Waals surface area contributed by atoms with Crippen molar-refractivity contribution in [1.29, 1.82) is 0 Å². The Morgan fingerprint density at radius 3 is 2.86 bits per heavy atom. The van der Waals surface area contributed by atoms with Crippen LogP contribution in [0.15, 0.2) is 18.2 Å². The second-order valence-electron chi connectivity index (χ2n) is 5.28. The van der Waals surface area contributed by atoms with Gasteiger partial charge in [-0.25, -0.2) is 0 Å². The molecule has 1 amide bonds. The highest BCUT2D eigenvalue weighted by molar-refractivity contribution is 5.79. The normalized spacial score (nSPS) is 22.6. The van der Waals surface area contributed by atoms with Crippen molar-refractivity contribution in [3.05, 3.63) is 23.8 Å². The molecule has 2 heterocycles. The van der Waals surface area contributed by atoms with Gasteiger partial charge in [0.15, 0.2) is 17.6 Å². The molecule has 0 bridgehead atoms. The Labute approximate surface area is 123 Å². The predicted octanol–water partition coefficient (Wildman–Crippen LogP) is 0.534. The second kappa shape index (κ2) is 6.32. The number of morpholine rings is 1. The van der Waals surface area contributed by atoms with Gasteiger partial charge in [-0.3, -0.25) is 9.69 Å². The fourth-order valence-electron chi connectivity index (χ4n) is 2.62. The molecule has 3 rings (SSSR count). The summed E-state index contributed by atoms with van der Waals surface area (Å²) in [6.45, 7) is 4.56. The smallest absolute Gasteiger partial charge is 0.258 e. The number of hydrogen-bond donors (Lipinski definition) is 1. The fourth-order valence-corrected chi connectivity index (χ4v) is 2.62. The lowest BCUT2D eigenvalue weighted by atomic mass is 10.1. The number of benzene rings is 1. The molecule has 2 aliphatic rings. The number of para-hydroxylation sites is 1. The molecule has 6 heteroatoms. The highest BCUT2D eigenvalue weighted by Crippen LogP contribution is 2.35. The Morgan fingerprint density at radius 2 is 2.10 bits per heavy atom. The van der Waals surface area contributed by atoms with E-state index in [1.807, 2.05) is 18.2 Å². The SMILES string of the molecule is NC(=O)C1CCOc2c(CN3CCOCC3)cccc2O1. The standard InChI is InChI=1S/C15H20N2O4/c16-15(18)13-4-7-20-14-11(2-1-3-12(14)21-13)10-17-5-8-19-9-6-17/h1-3,13H,4-10H2,(H2,16,18). The number of hydrogen-bond acceptors (Lipinski definition) is 5. The van der Waals surface area contributed by atoms with Crippen LogP contribution < -0.4 is 15.2 Å². The lowest BCUT2D eigenvalue weighted by molar-refractivity contribution is -0.124. The third kappa shape index (κ3) is 3.28. The van der Waals surface area contributed by atoms with Gasteiger partial charge in [-0.15, -0.1) is 0 Å². The highest BCUT2D eigenvalue weighted by Gasteiger charge is 2.25. The van der Waals surface area contributed by atoms with Gasteiger partial charge in [-0.05, 0) is 6.07 Å². The van der Waals surface area contributed by atoms with Crippen molar-refractivity contribution in [2.45, 2.75) is 19.1 Å². The van der Waals surface area contributed by atoms with Crippen LogP contribution in [0.3, 0.4) is 0 Å². The Bertz CT molecular complexity index is 514. The zero-order chi connectivity index (χ0) is 14.7. The molecule has 1 fully saturated rings. The van der Waals surface area contributed by atoms with Crippen molar-refractivity contribution in [1.82, 2.24) is 4.90 Å². The van der Waals surface area contributed by atoms with Crippen molar-refractivity contribution < 1.29 is 19.0 Å². The first-order chi connectivity index (χ1) is 10.2. The second-order valence-corrected chi connectivity index (χ2v) is 5.28. The molecule has 0 aromatic heterocycles. The summed E-state index contributed by atoms with van der Waals surface area (Å²) in [5, 5.41) is 0. The van der Waals surface area contributed by atoms with E-state index < -0.39 is 12.0 Å². The average Bonchev–Trinajstić information content (AvgIpc) is 2.71. The molecule has 0 radical (unpaired) electrons. The van der Waals surface area contributed by atoms with Crippen LogP contribution in [-0.2, 0) is 16.1 Å².